The Hall–Kier alpha value is -1.95. The van der Waals surface area contributed by atoms with Crippen molar-refractivity contribution < 1.29 is 18.7 Å². The molecule has 0 aliphatic heterocycles. The van der Waals surface area contributed by atoms with Gasteiger partial charge in [-0.1, -0.05) is 46.3 Å². The lowest BCUT2D eigenvalue weighted by Crippen LogP contribution is -2.05. The van der Waals surface area contributed by atoms with Gasteiger partial charge in [0.05, 0.1) is 12.4 Å². The molecule has 0 atom stereocenters. The predicted octanol–water partition coefficient (Wildman–Crippen LogP) is 2.71. The van der Waals surface area contributed by atoms with E-state index in [1.54, 1.807) is 24.3 Å². The zero-order valence-corrected chi connectivity index (χ0v) is 11.6. The molecule has 0 bridgehead atoms. The predicted molar refractivity (Wildman–Crippen MR) is 71.4 cm³/mol. The minimum absolute atomic E-state index is 0.00185. The molecule has 0 radical (unpaired) electrons. The number of oxazole rings is 1. The Morgan fingerprint density at radius 2 is 2.00 bits per heavy atom. The highest BCUT2D eigenvalue weighted by atomic mass is 79.9. The first kappa shape index (κ1) is 13.5. The van der Waals surface area contributed by atoms with Gasteiger partial charge in [-0.15, -0.1) is 0 Å². The highest BCUT2D eigenvalue weighted by Crippen LogP contribution is 2.25. The van der Waals surface area contributed by atoms with Crippen LogP contribution in [0, 0.1) is 0 Å². The first-order valence-corrected chi connectivity index (χ1v) is 6.53. The van der Waals surface area contributed by atoms with Crippen LogP contribution in [0.5, 0.6) is 0 Å². The molecule has 2 aromatic rings. The molecule has 0 aliphatic rings. The maximum absolute atomic E-state index is 11.7. The first-order chi connectivity index (χ1) is 9.17. The Bertz CT molecular complexity index is 606. The van der Waals surface area contributed by atoms with Crippen LogP contribution in [0.3, 0.4) is 0 Å². The second-order valence-electron chi connectivity index (χ2n) is 3.61. The largest absolute Gasteiger partial charge is 0.464 e. The van der Waals surface area contributed by atoms with Gasteiger partial charge in [-0.05, 0) is 0 Å². The number of carbonyl (C=O) groups excluding carboxylic acids is 2. The number of aromatic nitrogens is 1. The molecule has 98 valence electrons. The summed E-state index contributed by atoms with van der Waals surface area (Å²) in [6.45, 7) is 0. The topological polar surface area (TPSA) is 69.4 Å². The van der Waals surface area contributed by atoms with Crippen molar-refractivity contribution in [1.82, 2.24) is 4.98 Å². The van der Waals surface area contributed by atoms with Crippen LogP contribution in [-0.4, -0.2) is 29.2 Å². The number of halogens is 1. The molecule has 0 aliphatic carbocycles. The average Bonchev–Trinajstić information content (AvgIpc) is 2.91. The highest BCUT2D eigenvalue weighted by Gasteiger charge is 2.24. The zero-order valence-electron chi connectivity index (χ0n) is 10.1. The number of esters is 1. The molecule has 0 amide bonds. The average molecular weight is 324 g/mol. The van der Waals surface area contributed by atoms with Crippen LogP contribution in [0.1, 0.15) is 21.2 Å². The number of benzene rings is 1. The fourth-order valence-corrected chi connectivity index (χ4v) is 1.76. The fraction of sp³-hybridized carbons (Fsp3) is 0.154. The summed E-state index contributed by atoms with van der Waals surface area (Å²) in [5.74, 6) is -0.864. The highest BCUT2D eigenvalue weighted by molar-refractivity contribution is 9.09. The van der Waals surface area contributed by atoms with Crippen LogP contribution in [0.25, 0.3) is 11.3 Å². The van der Waals surface area contributed by atoms with Crippen LogP contribution in [0.2, 0.25) is 0 Å². The molecule has 5 nitrogen and oxygen atoms in total. The number of Topliss-reactive ketones (excluding diaryl/α,β-unsaturated/α-hetero) is 1. The van der Waals surface area contributed by atoms with Crippen LogP contribution in [0.4, 0.5) is 0 Å². The Morgan fingerprint density at radius 1 is 1.32 bits per heavy atom. The van der Waals surface area contributed by atoms with Gasteiger partial charge in [0.25, 0.3) is 5.89 Å². The summed E-state index contributed by atoms with van der Waals surface area (Å²) in [4.78, 5) is 27.1. The van der Waals surface area contributed by atoms with Gasteiger partial charge in [-0.2, -0.15) is 4.98 Å². The van der Waals surface area contributed by atoms with Crippen LogP contribution in [0.15, 0.2) is 34.7 Å². The number of nitrogens with zero attached hydrogens (tertiary/aromatic N) is 1. The number of methoxy groups -OCH3 is 1. The Kier molecular flexibility index (Phi) is 4.11. The SMILES string of the molecule is COC(=O)c1nc(C(=O)CBr)oc1-c1ccccc1. The van der Waals surface area contributed by atoms with Crippen LogP contribution < -0.4 is 0 Å². The molecule has 0 unspecified atom stereocenters. The quantitative estimate of drug-likeness (QED) is 0.491. The van der Waals surface area contributed by atoms with Crippen molar-refractivity contribution in [1.29, 1.82) is 0 Å². The van der Waals surface area contributed by atoms with E-state index in [-0.39, 0.29) is 28.5 Å². The molecule has 1 heterocycles. The van der Waals surface area contributed by atoms with Crippen molar-refractivity contribution in [2.45, 2.75) is 0 Å². The minimum atomic E-state index is -0.642. The molecular formula is C13H10BrNO4. The van der Waals surface area contributed by atoms with E-state index in [4.69, 9.17) is 4.42 Å². The molecule has 0 saturated heterocycles. The Balaban J connectivity index is 2.55. The van der Waals surface area contributed by atoms with Crippen LogP contribution >= 0.6 is 15.9 Å². The number of ether oxygens (including phenoxy) is 1. The van der Waals surface area contributed by atoms with Crippen molar-refractivity contribution in [3.05, 3.63) is 41.9 Å². The molecule has 1 aromatic carbocycles. The van der Waals surface area contributed by atoms with E-state index >= 15 is 0 Å². The van der Waals surface area contributed by atoms with E-state index in [1.807, 2.05) is 6.07 Å². The number of carbonyl (C=O) groups is 2. The summed E-state index contributed by atoms with van der Waals surface area (Å²) in [6, 6.07) is 8.95. The van der Waals surface area contributed by atoms with E-state index in [2.05, 4.69) is 25.7 Å². The van der Waals surface area contributed by atoms with Gasteiger partial charge in [0, 0.05) is 5.56 Å². The van der Waals surface area contributed by atoms with Gasteiger partial charge < -0.3 is 9.15 Å². The minimum Gasteiger partial charge on any atom is -0.464 e. The molecule has 19 heavy (non-hydrogen) atoms. The molecule has 2 rings (SSSR count). The molecule has 6 heteroatoms. The van der Waals surface area contributed by atoms with E-state index in [1.165, 1.54) is 7.11 Å². The van der Waals surface area contributed by atoms with Gasteiger partial charge in [0.15, 0.2) is 11.5 Å². The maximum Gasteiger partial charge on any atom is 0.360 e. The third-order valence-electron chi connectivity index (χ3n) is 2.40. The zero-order chi connectivity index (χ0) is 13.8. The van der Waals surface area contributed by atoms with Gasteiger partial charge >= 0.3 is 5.97 Å². The lowest BCUT2D eigenvalue weighted by Gasteiger charge is -1.98. The molecular weight excluding hydrogens is 314 g/mol. The summed E-state index contributed by atoms with van der Waals surface area (Å²) in [5.41, 5.74) is 0.655. The maximum atomic E-state index is 11.7. The number of ketones is 1. The van der Waals surface area contributed by atoms with Gasteiger partial charge in [0.1, 0.15) is 0 Å². The molecule has 0 fully saturated rings. The van der Waals surface area contributed by atoms with Gasteiger partial charge in [-0.3, -0.25) is 4.79 Å². The van der Waals surface area contributed by atoms with Crippen molar-refractivity contribution >= 4 is 27.7 Å². The second kappa shape index (κ2) is 5.79. The first-order valence-electron chi connectivity index (χ1n) is 5.41. The van der Waals surface area contributed by atoms with Crippen LogP contribution in [-0.2, 0) is 4.74 Å². The molecule has 1 aromatic heterocycles. The second-order valence-corrected chi connectivity index (χ2v) is 4.17. The third kappa shape index (κ3) is 2.73. The summed E-state index contributed by atoms with van der Waals surface area (Å²) < 4.78 is 10.0. The van der Waals surface area contributed by atoms with Crippen molar-refractivity contribution in [2.24, 2.45) is 0 Å². The van der Waals surface area contributed by atoms with E-state index in [0.717, 1.165) is 0 Å². The van der Waals surface area contributed by atoms with E-state index < -0.39 is 5.97 Å². The van der Waals surface area contributed by atoms with Crippen molar-refractivity contribution in [3.8, 4) is 11.3 Å². The molecule has 0 spiro atoms. The summed E-state index contributed by atoms with van der Waals surface area (Å²) in [7, 11) is 1.25. The van der Waals surface area contributed by atoms with E-state index in [9.17, 15) is 9.59 Å². The van der Waals surface area contributed by atoms with Gasteiger partial charge in [0.2, 0.25) is 5.78 Å². The lowest BCUT2D eigenvalue weighted by molar-refractivity contribution is 0.0595. The Morgan fingerprint density at radius 3 is 2.58 bits per heavy atom. The monoisotopic (exact) mass is 323 g/mol. The number of alkyl halides is 1. The standard InChI is InChI=1S/C13H10BrNO4/c1-18-13(17)10-11(8-5-3-2-4-6-8)19-12(15-10)9(16)7-14/h2-6H,7H2,1H3. The Labute approximate surface area is 117 Å². The summed E-state index contributed by atoms with van der Waals surface area (Å²) in [6.07, 6.45) is 0. The van der Waals surface area contributed by atoms with E-state index in [0.29, 0.717) is 5.56 Å². The molecule has 0 N–H and O–H groups in total. The smallest absolute Gasteiger partial charge is 0.360 e. The number of hydrogen-bond acceptors (Lipinski definition) is 5. The number of hydrogen-bond donors (Lipinski definition) is 0. The third-order valence-corrected chi connectivity index (χ3v) is 2.91. The summed E-state index contributed by atoms with van der Waals surface area (Å²) >= 11 is 3.03. The number of rotatable bonds is 4. The van der Waals surface area contributed by atoms with Gasteiger partial charge in [-0.25, -0.2) is 4.79 Å². The summed E-state index contributed by atoms with van der Waals surface area (Å²) in [5, 5.41) is 0.0718. The van der Waals surface area contributed by atoms with Crippen molar-refractivity contribution in [2.75, 3.05) is 12.4 Å². The molecule has 0 saturated carbocycles. The fourth-order valence-electron chi connectivity index (χ4n) is 1.52. The lowest BCUT2D eigenvalue weighted by atomic mass is 10.1. The normalized spacial score (nSPS) is 10.2. The van der Waals surface area contributed by atoms with Crippen molar-refractivity contribution in [3.63, 3.8) is 0 Å².